The third-order valence-electron chi connectivity index (χ3n) is 1.02. The standard InChI is InChI=1S/C5H8NOP/c7-5-3-1-2-4-8-6-5/h4H,1-3H2,(H,6,7). The lowest BCUT2D eigenvalue weighted by Gasteiger charge is -1.89. The van der Waals surface area contributed by atoms with Crippen LogP contribution in [-0.2, 0) is 4.79 Å². The summed E-state index contributed by atoms with van der Waals surface area (Å²) in [5.41, 5.74) is 0. The molecule has 0 saturated carbocycles. The largest absolute Gasteiger partial charge is 0.309 e. The number of nitrogens with one attached hydrogen (secondary N) is 1. The molecule has 0 aromatic heterocycles. The van der Waals surface area contributed by atoms with E-state index < -0.39 is 0 Å². The highest BCUT2D eigenvalue weighted by molar-refractivity contribution is 7.37. The fraction of sp³-hybridized carbons (Fsp3) is 0.600. The van der Waals surface area contributed by atoms with Gasteiger partial charge in [-0.1, -0.05) is 0 Å². The maximum absolute atomic E-state index is 10.5. The first-order valence-corrected chi connectivity index (χ1v) is 3.66. The highest BCUT2D eigenvalue weighted by atomic mass is 31.1. The van der Waals surface area contributed by atoms with Crippen molar-refractivity contribution in [1.29, 1.82) is 0 Å². The summed E-state index contributed by atoms with van der Waals surface area (Å²) in [4.78, 5) is 10.5. The highest BCUT2D eigenvalue weighted by Gasteiger charge is 1.99. The van der Waals surface area contributed by atoms with Crippen LogP contribution >= 0.6 is 8.35 Å². The fourth-order valence-corrected chi connectivity index (χ4v) is 1.25. The zero-order valence-corrected chi connectivity index (χ0v) is 5.45. The first-order valence-electron chi connectivity index (χ1n) is 2.70. The van der Waals surface area contributed by atoms with Crippen LogP contribution in [0.15, 0.2) is 0 Å². The molecule has 0 fully saturated rings. The Labute approximate surface area is 50.1 Å². The summed E-state index contributed by atoms with van der Waals surface area (Å²) in [6.45, 7) is 0. The second kappa shape index (κ2) is 2.83. The van der Waals surface area contributed by atoms with Gasteiger partial charge >= 0.3 is 0 Å². The lowest BCUT2D eigenvalue weighted by Crippen LogP contribution is -2.09. The van der Waals surface area contributed by atoms with E-state index in [0.29, 0.717) is 6.42 Å². The van der Waals surface area contributed by atoms with E-state index in [0.717, 1.165) is 21.2 Å². The van der Waals surface area contributed by atoms with Gasteiger partial charge in [-0.05, 0) is 18.6 Å². The summed E-state index contributed by atoms with van der Waals surface area (Å²) in [6, 6.07) is 0. The number of carbonyl (C=O) groups excluding carboxylic acids is 1. The van der Waals surface area contributed by atoms with E-state index in [1.807, 2.05) is 0 Å². The number of hydrogen-bond donors (Lipinski definition) is 1. The lowest BCUT2D eigenvalue weighted by atomic mass is 10.2. The SMILES string of the molecule is O=C1CCCC=PN1. The second-order valence-electron chi connectivity index (χ2n) is 1.74. The Balaban J connectivity index is 2.41. The molecule has 0 aliphatic carbocycles. The van der Waals surface area contributed by atoms with Gasteiger partial charge in [0.15, 0.2) is 0 Å². The first kappa shape index (κ1) is 5.77. The summed E-state index contributed by atoms with van der Waals surface area (Å²) in [5.74, 6) is 2.26. The van der Waals surface area contributed by atoms with E-state index in [9.17, 15) is 4.79 Å². The molecule has 2 nitrogen and oxygen atoms in total. The molecule has 8 heavy (non-hydrogen) atoms. The van der Waals surface area contributed by atoms with Crippen molar-refractivity contribution in [3.63, 3.8) is 0 Å². The average molecular weight is 129 g/mol. The molecule has 1 aliphatic rings. The number of rotatable bonds is 0. The molecule has 1 aliphatic heterocycles. The summed E-state index contributed by atoms with van der Waals surface area (Å²) in [5, 5.41) is 2.72. The van der Waals surface area contributed by atoms with Crippen LogP contribution in [0.5, 0.6) is 0 Å². The van der Waals surface area contributed by atoms with E-state index in [4.69, 9.17) is 0 Å². The van der Waals surface area contributed by atoms with Crippen LogP contribution < -0.4 is 5.09 Å². The third kappa shape index (κ3) is 1.63. The topological polar surface area (TPSA) is 29.1 Å². The predicted molar refractivity (Wildman–Crippen MR) is 35.0 cm³/mol. The Bertz CT molecular complexity index is 122. The van der Waals surface area contributed by atoms with Crippen molar-refractivity contribution in [2.24, 2.45) is 0 Å². The summed E-state index contributed by atoms with van der Waals surface area (Å²) >= 11 is 0. The van der Waals surface area contributed by atoms with Gasteiger partial charge in [0, 0.05) is 14.8 Å². The monoisotopic (exact) mass is 129 g/mol. The fourth-order valence-electron chi connectivity index (χ4n) is 0.592. The predicted octanol–water partition coefficient (Wildman–Crippen LogP) is 0.950. The van der Waals surface area contributed by atoms with Crippen molar-refractivity contribution in [3.05, 3.63) is 0 Å². The van der Waals surface area contributed by atoms with E-state index >= 15 is 0 Å². The van der Waals surface area contributed by atoms with Crippen LogP contribution in [0.4, 0.5) is 0 Å². The summed E-state index contributed by atoms with van der Waals surface area (Å²) < 4.78 is 0. The van der Waals surface area contributed by atoms with Gasteiger partial charge in [-0.2, -0.15) is 0 Å². The van der Waals surface area contributed by atoms with Crippen molar-refractivity contribution in [2.45, 2.75) is 19.3 Å². The number of hydrogen-bond acceptors (Lipinski definition) is 1. The molecule has 0 spiro atoms. The molecule has 1 amide bonds. The van der Waals surface area contributed by atoms with Crippen molar-refractivity contribution >= 4 is 20.1 Å². The minimum atomic E-state index is 0.181. The van der Waals surface area contributed by atoms with E-state index in [2.05, 4.69) is 10.9 Å². The second-order valence-corrected chi connectivity index (χ2v) is 2.59. The van der Waals surface area contributed by atoms with E-state index in [-0.39, 0.29) is 5.91 Å². The molecular formula is C5H8NOP. The molecule has 0 saturated heterocycles. The summed E-state index contributed by atoms with van der Waals surface area (Å²) in [7, 11) is 0.975. The van der Waals surface area contributed by atoms with Crippen LogP contribution in [0.1, 0.15) is 19.3 Å². The van der Waals surface area contributed by atoms with E-state index in [1.54, 1.807) is 0 Å². The maximum Gasteiger partial charge on any atom is 0.227 e. The Morgan fingerprint density at radius 2 is 2.62 bits per heavy atom. The molecular weight excluding hydrogens is 121 g/mol. The third-order valence-corrected chi connectivity index (χ3v) is 1.84. The Kier molecular flexibility index (Phi) is 2.04. The smallest absolute Gasteiger partial charge is 0.227 e. The van der Waals surface area contributed by atoms with E-state index in [1.165, 1.54) is 0 Å². The molecule has 0 radical (unpaired) electrons. The molecule has 0 aromatic carbocycles. The van der Waals surface area contributed by atoms with Crippen LogP contribution in [0.2, 0.25) is 0 Å². The molecule has 0 unspecified atom stereocenters. The highest BCUT2D eigenvalue weighted by Crippen LogP contribution is 2.02. The van der Waals surface area contributed by atoms with Gasteiger partial charge in [0.25, 0.3) is 0 Å². The Hall–Kier alpha value is -0.360. The van der Waals surface area contributed by atoms with Crippen molar-refractivity contribution in [1.82, 2.24) is 5.09 Å². The molecule has 44 valence electrons. The molecule has 1 N–H and O–H groups in total. The van der Waals surface area contributed by atoms with Gasteiger partial charge in [0.1, 0.15) is 0 Å². The van der Waals surface area contributed by atoms with Gasteiger partial charge in [0.05, 0.1) is 0 Å². The minimum absolute atomic E-state index is 0.181. The molecule has 1 heterocycles. The maximum atomic E-state index is 10.5. The molecule has 0 aromatic rings. The van der Waals surface area contributed by atoms with Crippen LogP contribution in [-0.4, -0.2) is 11.7 Å². The number of amides is 1. The Morgan fingerprint density at radius 3 is 3.50 bits per heavy atom. The zero-order chi connectivity index (χ0) is 5.82. The normalized spacial score (nSPS) is 21.8. The number of carbonyl (C=O) groups is 1. The van der Waals surface area contributed by atoms with Crippen molar-refractivity contribution in [2.75, 3.05) is 0 Å². The lowest BCUT2D eigenvalue weighted by molar-refractivity contribution is -0.119. The first-order chi connectivity index (χ1) is 3.89. The average Bonchev–Trinajstić information content (AvgIpc) is 1.94. The van der Waals surface area contributed by atoms with Crippen molar-refractivity contribution < 1.29 is 4.79 Å². The Morgan fingerprint density at radius 1 is 1.75 bits per heavy atom. The van der Waals surface area contributed by atoms with Crippen LogP contribution in [0, 0.1) is 0 Å². The molecule has 3 heteroatoms. The summed E-state index contributed by atoms with van der Waals surface area (Å²) in [6.07, 6.45) is 2.78. The quantitative estimate of drug-likeness (QED) is 0.485. The van der Waals surface area contributed by atoms with Gasteiger partial charge in [-0.3, -0.25) is 4.79 Å². The van der Waals surface area contributed by atoms with Crippen LogP contribution in [0.3, 0.4) is 0 Å². The van der Waals surface area contributed by atoms with Gasteiger partial charge < -0.3 is 5.09 Å². The molecule has 0 atom stereocenters. The molecule has 1 rings (SSSR count). The molecule has 0 bridgehead atoms. The minimum Gasteiger partial charge on any atom is -0.309 e. The van der Waals surface area contributed by atoms with Crippen molar-refractivity contribution in [3.8, 4) is 0 Å². The van der Waals surface area contributed by atoms with Gasteiger partial charge in [0.2, 0.25) is 5.91 Å². The van der Waals surface area contributed by atoms with Gasteiger partial charge in [-0.25, -0.2) is 0 Å². The zero-order valence-electron chi connectivity index (χ0n) is 4.55. The van der Waals surface area contributed by atoms with Crippen LogP contribution in [0.25, 0.3) is 0 Å². The van der Waals surface area contributed by atoms with Gasteiger partial charge in [-0.15, -0.1) is 0 Å².